The van der Waals surface area contributed by atoms with Gasteiger partial charge >= 0.3 is 15.5 Å². The number of aromatic nitrogens is 2. The van der Waals surface area contributed by atoms with E-state index >= 15 is 0 Å². The van der Waals surface area contributed by atoms with Gasteiger partial charge in [0.15, 0.2) is 0 Å². The zero-order valence-corrected chi connectivity index (χ0v) is 16.3. The van der Waals surface area contributed by atoms with Crippen molar-refractivity contribution in [2.75, 3.05) is 18.4 Å². The van der Waals surface area contributed by atoms with Crippen LogP contribution in [-0.2, 0) is 16.4 Å². The average Bonchev–Trinajstić information content (AvgIpc) is 3.03. The van der Waals surface area contributed by atoms with Crippen molar-refractivity contribution in [2.24, 2.45) is 0 Å². The predicted molar refractivity (Wildman–Crippen MR) is 97.4 cm³/mol. The van der Waals surface area contributed by atoms with Crippen molar-refractivity contribution in [2.45, 2.75) is 30.8 Å². The van der Waals surface area contributed by atoms with Crippen molar-refractivity contribution < 1.29 is 21.6 Å². The summed E-state index contributed by atoms with van der Waals surface area (Å²) in [7, 11) is -5.26. The molecule has 1 fully saturated rings. The van der Waals surface area contributed by atoms with Gasteiger partial charge in [0.2, 0.25) is 5.13 Å². The van der Waals surface area contributed by atoms with E-state index in [2.05, 4.69) is 15.5 Å². The first-order chi connectivity index (χ1) is 12.6. The molecule has 1 aromatic heterocycles. The summed E-state index contributed by atoms with van der Waals surface area (Å²) in [6.45, 7) is -0.369. The molecule has 27 heavy (non-hydrogen) atoms. The Kier molecular flexibility index (Phi) is 5.94. The SMILES string of the molecule is O=S(=O)(N1CCC(Nc2nnc(Cc3ccc(Cl)cc3)s2)CC1)C(F)(F)F. The monoisotopic (exact) mass is 440 g/mol. The molecule has 0 unspecified atom stereocenters. The first kappa shape index (κ1) is 20.3. The van der Waals surface area contributed by atoms with Gasteiger partial charge in [-0.2, -0.15) is 17.5 Å². The fourth-order valence-corrected chi connectivity index (χ4v) is 4.68. The van der Waals surface area contributed by atoms with Crippen LogP contribution in [0.5, 0.6) is 0 Å². The molecule has 2 heterocycles. The molecule has 0 aliphatic carbocycles. The minimum Gasteiger partial charge on any atom is -0.357 e. The first-order valence-corrected chi connectivity index (χ1v) is 10.7. The summed E-state index contributed by atoms with van der Waals surface area (Å²) < 4.78 is 61.1. The van der Waals surface area contributed by atoms with E-state index < -0.39 is 15.5 Å². The second kappa shape index (κ2) is 7.90. The number of rotatable bonds is 5. The number of alkyl halides is 3. The Morgan fingerprint density at radius 3 is 2.41 bits per heavy atom. The van der Waals surface area contributed by atoms with Crippen molar-refractivity contribution in [3.63, 3.8) is 0 Å². The molecule has 0 bridgehead atoms. The summed E-state index contributed by atoms with van der Waals surface area (Å²) in [5.41, 5.74) is -4.23. The molecule has 0 atom stereocenters. The molecule has 3 rings (SSSR count). The number of benzene rings is 1. The normalized spacial score (nSPS) is 17.2. The Balaban J connectivity index is 1.54. The Labute approximate surface area is 163 Å². The van der Waals surface area contributed by atoms with Crippen LogP contribution >= 0.6 is 22.9 Å². The van der Waals surface area contributed by atoms with E-state index in [0.717, 1.165) is 10.6 Å². The minimum absolute atomic E-state index is 0.152. The van der Waals surface area contributed by atoms with Gasteiger partial charge in [0.05, 0.1) is 0 Å². The Morgan fingerprint density at radius 2 is 1.81 bits per heavy atom. The van der Waals surface area contributed by atoms with Crippen LogP contribution in [0, 0.1) is 0 Å². The fraction of sp³-hybridized carbons (Fsp3) is 0.467. The lowest BCUT2D eigenvalue weighted by Crippen LogP contribution is -2.47. The van der Waals surface area contributed by atoms with E-state index in [-0.39, 0.29) is 32.0 Å². The largest absolute Gasteiger partial charge is 0.511 e. The molecule has 2 aromatic rings. The summed E-state index contributed by atoms with van der Waals surface area (Å²) in [4.78, 5) is 0. The quantitative estimate of drug-likeness (QED) is 0.770. The Morgan fingerprint density at radius 1 is 1.19 bits per heavy atom. The average molecular weight is 441 g/mol. The molecule has 0 amide bonds. The van der Waals surface area contributed by atoms with E-state index in [0.29, 0.717) is 20.9 Å². The molecule has 0 spiro atoms. The van der Waals surface area contributed by atoms with Gasteiger partial charge in [-0.3, -0.25) is 0 Å². The van der Waals surface area contributed by atoms with Crippen LogP contribution in [0.25, 0.3) is 0 Å². The topological polar surface area (TPSA) is 75.2 Å². The second-order valence-corrected chi connectivity index (χ2v) is 9.50. The van der Waals surface area contributed by atoms with Crippen LogP contribution in [0.4, 0.5) is 18.3 Å². The number of nitrogens with one attached hydrogen (secondary N) is 1. The molecular weight excluding hydrogens is 425 g/mol. The standard InChI is InChI=1S/C15H16ClF3N4O2S2/c16-11-3-1-10(2-4-11)9-13-21-22-14(26-13)20-12-5-7-23(8-6-12)27(24,25)15(17,18)19/h1-4,12H,5-9H2,(H,20,22). The van der Waals surface area contributed by atoms with Gasteiger partial charge in [-0.05, 0) is 30.5 Å². The van der Waals surface area contributed by atoms with Crippen molar-refractivity contribution in [3.05, 3.63) is 39.9 Å². The predicted octanol–water partition coefficient (Wildman–Crippen LogP) is 3.51. The third-order valence-corrected chi connectivity index (χ3v) is 6.89. The number of sulfonamides is 1. The highest BCUT2D eigenvalue weighted by Gasteiger charge is 2.50. The van der Waals surface area contributed by atoms with Gasteiger partial charge in [0, 0.05) is 30.6 Å². The number of hydrogen-bond donors (Lipinski definition) is 1. The maximum absolute atomic E-state index is 12.6. The van der Waals surface area contributed by atoms with Crippen LogP contribution in [0.3, 0.4) is 0 Å². The zero-order valence-electron chi connectivity index (χ0n) is 13.9. The summed E-state index contributed by atoms with van der Waals surface area (Å²) in [5.74, 6) is 0. The van der Waals surface area contributed by atoms with E-state index in [1.165, 1.54) is 11.3 Å². The van der Waals surface area contributed by atoms with Gasteiger partial charge in [-0.1, -0.05) is 35.1 Å². The number of halogens is 4. The molecule has 1 aromatic carbocycles. The van der Waals surface area contributed by atoms with Crippen LogP contribution in [-0.4, -0.2) is 47.6 Å². The van der Waals surface area contributed by atoms with Crippen LogP contribution in [0.2, 0.25) is 5.02 Å². The molecule has 148 valence electrons. The molecule has 12 heteroatoms. The van der Waals surface area contributed by atoms with Crippen LogP contribution in [0.1, 0.15) is 23.4 Å². The van der Waals surface area contributed by atoms with E-state index in [1.807, 2.05) is 12.1 Å². The molecule has 0 radical (unpaired) electrons. The molecule has 6 nitrogen and oxygen atoms in total. The van der Waals surface area contributed by atoms with Crippen molar-refractivity contribution in [1.29, 1.82) is 0 Å². The lowest BCUT2D eigenvalue weighted by Gasteiger charge is -2.31. The van der Waals surface area contributed by atoms with E-state index in [1.54, 1.807) is 12.1 Å². The molecular formula is C15H16ClF3N4O2S2. The number of piperidine rings is 1. The van der Waals surface area contributed by atoms with Crippen molar-refractivity contribution in [1.82, 2.24) is 14.5 Å². The number of nitrogens with zero attached hydrogens (tertiary/aromatic N) is 3. The lowest BCUT2D eigenvalue weighted by atomic mass is 10.1. The third kappa shape index (κ3) is 4.89. The van der Waals surface area contributed by atoms with E-state index in [4.69, 9.17) is 11.6 Å². The molecule has 1 aliphatic rings. The van der Waals surface area contributed by atoms with Gasteiger partial charge < -0.3 is 5.32 Å². The molecule has 0 saturated carbocycles. The highest BCUT2D eigenvalue weighted by molar-refractivity contribution is 7.90. The Bertz CT molecular complexity index is 879. The maximum Gasteiger partial charge on any atom is 0.511 e. The third-order valence-electron chi connectivity index (χ3n) is 4.15. The zero-order chi connectivity index (χ0) is 19.7. The summed E-state index contributed by atoms with van der Waals surface area (Å²) in [5, 5.41) is 13.3. The van der Waals surface area contributed by atoms with Gasteiger partial charge in [0.25, 0.3) is 0 Å². The van der Waals surface area contributed by atoms with Crippen molar-refractivity contribution >= 4 is 38.1 Å². The summed E-state index contributed by atoms with van der Waals surface area (Å²) >= 11 is 7.21. The maximum atomic E-state index is 12.6. The highest BCUT2D eigenvalue weighted by atomic mass is 35.5. The molecule has 1 N–H and O–H groups in total. The number of anilines is 1. The van der Waals surface area contributed by atoms with Crippen LogP contribution in [0.15, 0.2) is 24.3 Å². The highest BCUT2D eigenvalue weighted by Crippen LogP contribution is 2.30. The lowest BCUT2D eigenvalue weighted by molar-refractivity contribution is -0.0494. The van der Waals surface area contributed by atoms with E-state index in [9.17, 15) is 21.6 Å². The van der Waals surface area contributed by atoms with Gasteiger partial charge in [0.1, 0.15) is 5.01 Å². The van der Waals surface area contributed by atoms with Crippen molar-refractivity contribution in [3.8, 4) is 0 Å². The summed E-state index contributed by atoms with van der Waals surface area (Å²) in [6.07, 6.45) is 1.13. The fourth-order valence-electron chi connectivity index (χ4n) is 2.72. The molecule has 1 saturated heterocycles. The van der Waals surface area contributed by atoms with Crippen LogP contribution < -0.4 is 5.32 Å². The minimum atomic E-state index is -5.26. The molecule has 1 aliphatic heterocycles. The first-order valence-electron chi connectivity index (χ1n) is 8.05. The second-order valence-electron chi connectivity index (χ2n) is 6.07. The number of hydrogen-bond acceptors (Lipinski definition) is 6. The van der Waals surface area contributed by atoms with Gasteiger partial charge in [-0.15, -0.1) is 10.2 Å². The summed E-state index contributed by atoms with van der Waals surface area (Å²) in [6, 6.07) is 7.22. The smallest absolute Gasteiger partial charge is 0.357 e. The Hall–Kier alpha value is -1.43. The van der Waals surface area contributed by atoms with Gasteiger partial charge in [-0.25, -0.2) is 8.42 Å².